The lowest BCUT2D eigenvalue weighted by Crippen LogP contribution is -2.00. The Hall–Kier alpha value is -3.31. The molecule has 27 heavy (non-hydrogen) atoms. The van der Waals surface area contributed by atoms with Crippen LogP contribution in [0.5, 0.6) is 5.75 Å². The SMILES string of the molecule is O=C(O)c1ccc(NN=Cc2ccccc2OCc2ccccc2Cl)cc1. The summed E-state index contributed by atoms with van der Waals surface area (Å²) in [7, 11) is 0. The molecule has 0 atom stereocenters. The Morgan fingerprint density at radius 2 is 1.74 bits per heavy atom. The molecule has 0 spiro atoms. The second-order valence-electron chi connectivity index (χ2n) is 5.67. The molecule has 0 fully saturated rings. The van der Waals surface area contributed by atoms with Crippen LogP contribution in [0.3, 0.4) is 0 Å². The van der Waals surface area contributed by atoms with Crippen molar-refractivity contribution in [3.05, 3.63) is 94.5 Å². The molecule has 0 aromatic heterocycles. The summed E-state index contributed by atoms with van der Waals surface area (Å²) >= 11 is 6.16. The van der Waals surface area contributed by atoms with Gasteiger partial charge >= 0.3 is 5.97 Å². The number of rotatable bonds is 7. The van der Waals surface area contributed by atoms with Crippen molar-refractivity contribution in [1.82, 2.24) is 0 Å². The standard InChI is InChI=1S/C21H17ClN2O3/c22-19-7-3-1-6-17(19)14-27-20-8-4-2-5-16(20)13-23-24-18-11-9-15(10-12-18)21(25)26/h1-13,24H,14H2,(H,25,26). The van der Waals surface area contributed by atoms with E-state index >= 15 is 0 Å². The highest BCUT2D eigenvalue weighted by molar-refractivity contribution is 6.31. The van der Waals surface area contributed by atoms with E-state index in [1.54, 1.807) is 18.3 Å². The van der Waals surface area contributed by atoms with Gasteiger partial charge in [0, 0.05) is 16.1 Å². The second kappa shape index (κ2) is 8.87. The Bertz CT molecular complexity index is 956. The highest BCUT2D eigenvalue weighted by Crippen LogP contribution is 2.21. The second-order valence-corrected chi connectivity index (χ2v) is 6.08. The van der Waals surface area contributed by atoms with Crippen LogP contribution in [-0.2, 0) is 6.61 Å². The van der Waals surface area contributed by atoms with Crippen LogP contribution in [0.25, 0.3) is 0 Å². The summed E-state index contributed by atoms with van der Waals surface area (Å²) in [5.74, 6) is -0.279. The van der Waals surface area contributed by atoms with Gasteiger partial charge in [0.25, 0.3) is 0 Å². The number of ether oxygens (including phenoxy) is 1. The smallest absolute Gasteiger partial charge is 0.335 e. The van der Waals surface area contributed by atoms with Gasteiger partial charge in [-0.3, -0.25) is 5.43 Å². The van der Waals surface area contributed by atoms with E-state index in [1.165, 1.54) is 12.1 Å². The molecular formula is C21H17ClN2O3. The summed E-state index contributed by atoms with van der Waals surface area (Å²) in [6.45, 7) is 0.356. The van der Waals surface area contributed by atoms with Gasteiger partial charge in [0.2, 0.25) is 0 Å². The lowest BCUT2D eigenvalue weighted by atomic mass is 10.2. The maximum atomic E-state index is 10.9. The van der Waals surface area contributed by atoms with Crippen LogP contribution >= 0.6 is 11.6 Å². The van der Waals surface area contributed by atoms with Crippen molar-refractivity contribution < 1.29 is 14.6 Å². The molecule has 0 aliphatic heterocycles. The molecule has 3 aromatic carbocycles. The molecule has 0 aliphatic rings. The summed E-state index contributed by atoms with van der Waals surface area (Å²) in [4.78, 5) is 10.9. The molecule has 6 heteroatoms. The van der Waals surface area contributed by atoms with Gasteiger partial charge in [-0.1, -0.05) is 41.9 Å². The first-order valence-electron chi connectivity index (χ1n) is 8.21. The van der Waals surface area contributed by atoms with Gasteiger partial charge in [-0.05, 0) is 42.5 Å². The number of halogens is 1. The van der Waals surface area contributed by atoms with Gasteiger partial charge in [-0.2, -0.15) is 5.10 Å². The number of carboxylic acid groups (broad SMARTS) is 1. The zero-order valence-electron chi connectivity index (χ0n) is 14.3. The zero-order chi connectivity index (χ0) is 19.1. The largest absolute Gasteiger partial charge is 0.488 e. The molecule has 3 rings (SSSR count). The minimum absolute atomic E-state index is 0.225. The third-order valence-corrected chi connectivity index (χ3v) is 4.16. The molecule has 0 radical (unpaired) electrons. The Kier molecular flexibility index (Phi) is 6.07. The van der Waals surface area contributed by atoms with E-state index in [4.69, 9.17) is 21.4 Å². The quantitative estimate of drug-likeness (QED) is 0.443. The molecule has 3 aromatic rings. The van der Waals surface area contributed by atoms with Crippen molar-refractivity contribution in [3.8, 4) is 5.75 Å². The number of nitrogens with zero attached hydrogens (tertiary/aromatic N) is 1. The average Bonchev–Trinajstić information content (AvgIpc) is 2.69. The molecule has 0 amide bonds. The Labute approximate surface area is 161 Å². The van der Waals surface area contributed by atoms with Crippen LogP contribution in [0.4, 0.5) is 5.69 Å². The van der Waals surface area contributed by atoms with E-state index in [2.05, 4.69) is 10.5 Å². The van der Waals surface area contributed by atoms with Crippen LogP contribution in [0.15, 0.2) is 77.9 Å². The molecule has 2 N–H and O–H groups in total. The molecule has 0 saturated heterocycles. The Morgan fingerprint density at radius 3 is 2.48 bits per heavy atom. The number of aromatic carboxylic acids is 1. The number of anilines is 1. The fourth-order valence-electron chi connectivity index (χ4n) is 2.35. The number of carboxylic acids is 1. The Morgan fingerprint density at radius 1 is 1.04 bits per heavy atom. The monoisotopic (exact) mass is 380 g/mol. The normalized spacial score (nSPS) is 10.7. The fraction of sp³-hybridized carbons (Fsp3) is 0.0476. The number of hydrogen-bond donors (Lipinski definition) is 2. The van der Waals surface area contributed by atoms with E-state index in [0.29, 0.717) is 23.1 Å². The number of para-hydroxylation sites is 1. The summed E-state index contributed by atoms with van der Waals surface area (Å²) in [6, 6.07) is 21.4. The van der Waals surface area contributed by atoms with Gasteiger partial charge in [-0.15, -0.1) is 0 Å². The van der Waals surface area contributed by atoms with E-state index in [9.17, 15) is 4.79 Å². The van der Waals surface area contributed by atoms with E-state index in [1.807, 2.05) is 48.5 Å². The van der Waals surface area contributed by atoms with Crippen molar-refractivity contribution in [2.75, 3.05) is 5.43 Å². The van der Waals surface area contributed by atoms with Gasteiger partial charge in [-0.25, -0.2) is 4.79 Å². The van der Waals surface area contributed by atoms with Crippen molar-refractivity contribution in [2.24, 2.45) is 5.10 Å². The third-order valence-electron chi connectivity index (χ3n) is 3.79. The molecular weight excluding hydrogens is 364 g/mol. The van der Waals surface area contributed by atoms with Crippen LogP contribution in [0, 0.1) is 0 Å². The average molecular weight is 381 g/mol. The topological polar surface area (TPSA) is 70.9 Å². The van der Waals surface area contributed by atoms with Crippen LogP contribution < -0.4 is 10.2 Å². The predicted molar refractivity (Wildman–Crippen MR) is 107 cm³/mol. The third kappa shape index (κ3) is 5.09. The van der Waals surface area contributed by atoms with E-state index < -0.39 is 5.97 Å². The number of hydrogen-bond acceptors (Lipinski definition) is 4. The van der Waals surface area contributed by atoms with Crippen molar-refractivity contribution >= 4 is 29.5 Å². The van der Waals surface area contributed by atoms with Crippen molar-refractivity contribution in [1.29, 1.82) is 0 Å². The number of hydrazone groups is 1. The summed E-state index contributed by atoms with van der Waals surface area (Å²) in [5.41, 5.74) is 5.49. The summed E-state index contributed by atoms with van der Waals surface area (Å²) in [5, 5.41) is 13.8. The minimum atomic E-state index is -0.963. The first kappa shape index (κ1) is 18.5. The van der Waals surface area contributed by atoms with Crippen LogP contribution in [0.2, 0.25) is 5.02 Å². The number of nitrogens with one attached hydrogen (secondary N) is 1. The molecule has 0 bridgehead atoms. The van der Waals surface area contributed by atoms with Crippen LogP contribution in [-0.4, -0.2) is 17.3 Å². The molecule has 0 aliphatic carbocycles. The fourth-order valence-corrected chi connectivity index (χ4v) is 2.54. The summed E-state index contributed by atoms with van der Waals surface area (Å²) in [6.07, 6.45) is 1.65. The maximum Gasteiger partial charge on any atom is 0.335 e. The van der Waals surface area contributed by atoms with E-state index in [-0.39, 0.29) is 5.56 Å². The molecule has 0 heterocycles. The minimum Gasteiger partial charge on any atom is -0.488 e. The van der Waals surface area contributed by atoms with Crippen molar-refractivity contribution in [2.45, 2.75) is 6.61 Å². The molecule has 0 unspecified atom stereocenters. The van der Waals surface area contributed by atoms with Crippen LogP contribution in [0.1, 0.15) is 21.5 Å². The number of carbonyl (C=O) groups is 1. The molecule has 136 valence electrons. The van der Waals surface area contributed by atoms with Crippen molar-refractivity contribution in [3.63, 3.8) is 0 Å². The van der Waals surface area contributed by atoms with E-state index in [0.717, 1.165) is 11.1 Å². The highest BCUT2D eigenvalue weighted by Gasteiger charge is 2.04. The Balaban J connectivity index is 1.65. The van der Waals surface area contributed by atoms with Gasteiger partial charge < -0.3 is 9.84 Å². The van der Waals surface area contributed by atoms with Gasteiger partial charge in [0.1, 0.15) is 12.4 Å². The zero-order valence-corrected chi connectivity index (χ0v) is 15.1. The van der Waals surface area contributed by atoms with Gasteiger partial charge in [0.15, 0.2) is 0 Å². The predicted octanol–water partition coefficient (Wildman–Crippen LogP) is 5.06. The lowest BCUT2D eigenvalue weighted by molar-refractivity contribution is 0.0697. The van der Waals surface area contributed by atoms with Gasteiger partial charge in [0.05, 0.1) is 17.5 Å². The lowest BCUT2D eigenvalue weighted by Gasteiger charge is -2.10. The number of benzene rings is 3. The first-order chi connectivity index (χ1) is 13.1. The first-order valence-corrected chi connectivity index (χ1v) is 8.59. The summed E-state index contributed by atoms with van der Waals surface area (Å²) < 4.78 is 5.88. The highest BCUT2D eigenvalue weighted by atomic mass is 35.5. The molecule has 5 nitrogen and oxygen atoms in total. The molecule has 0 saturated carbocycles. The maximum absolute atomic E-state index is 10.9.